The minimum absolute atomic E-state index is 0.00838. The first-order chi connectivity index (χ1) is 8.10. The summed E-state index contributed by atoms with van der Waals surface area (Å²) in [5.74, 6) is 1.23. The molecule has 1 aromatic rings. The number of carbonyl (C=O) groups excluding carboxylic acids is 1. The van der Waals surface area contributed by atoms with Gasteiger partial charge >= 0.3 is 0 Å². The summed E-state index contributed by atoms with van der Waals surface area (Å²) in [6.07, 6.45) is 2.28. The van der Waals surface area contributed by atoms with Gasteiger partial charge < -0.3 is 0 Å². The summed E-state index contributed by atoms with van der Waals surface area (Å²) in [6, 6.07) is 1.78. The van der Waals surface area contributed by atoms with Crippen LogP contribution in [-0.4, -0.2) is 21.6 Å². The molecule has 1 aliphatic heterocycles. The van der Waals surface area contributed by atoms with Crippen molar-refractivity contribution in [3.63, 3.8) is 0 Å². The van der Waals surface area contributed by atoms with E-state index in [4.69, 9.17) is 0 Å². The summed E-state index contributed by atoms with van der Waals surface area (Å²) in [7, 11) is 0. The molecule has 0 unspecified atom stereocenters. The Bertz CT molecular complexity index is 461. The lowest BCUT2D eigenvalue weighted by molar-refractivity contribution is -0.116. The Hall–Kier alpha value is -1.78. The largest absolute Gasteiger partial charge is 0.272 e. The molecular formula is C12H16N4O. The van der Waals surface area contributed by atoms with E-state index in [0.717, 1.165) is 24.2 Å². The Labute approximate surface area is 101 Å². The zero-order valence-corrected chi connectivity index (χ0v) is 10.4. The molecule has 0 atom stereocenters. The molecule has 5 heteroatoms. The molecule has 0 saturated heterocycles. The Balaban J connectivity index is 2.30. The van der Waals surface area contributed by atoms with Gasteiger partial charge in [-0.05, 0) is 20.3 Å². The van der Waals surface area contributed by atoms with Crippen LogP contribution in [0.3, 0.4) is 0 Å². The first kappa shape index (κ1) is 11.7. The van der Waals surface area contributed by atoms with Crippen molar-refractivity contribution in [3.8, 4) is 0 Å². The average Bonchev–Trinajstić information content (AvgIpc) is 2.58. The van der Waals surface area contributed by atoms with Crippen molar-refractivity contribution in [2.24, 2.45) is 5.10 Å². The molecule has 2 rings (SSSR count). The topological polar surface area (TPSA) is 58.5 Å². The molecule has 0 aromatic carbocycles. The van der Waals surface area contributed by atoms with Gasteiger partial charge in [0, 0.05) is 17.5 Å². The first-order valence-corrected chi connectivity index (χ1v) is 5.81. The molecule has 0 radical (unpaired) electrons. The van der Waals surface area contributed by atoms with Gasteiger partial charge in [0.05, 0.1) is 6.42 Å². The van der Waals surface area contributed by atoms with E-state index in [0.29, 0.717) is 18.1 Å². The second kappa shape index (κ2) is 4.61. The fraction of sp³-hybridized carbons (Fsp3) is 0.500. The lowest BCUT2D eigenvalue weighted by atomic mass is 10.2. The van der Waals surface area contributed by atoms with Crippen molar-refractivity contribution >= 4 is 17.4 Å². The van der Waals surface area contributed by atoms with Crippen molar-refractivity contribution < 1.29 is 4.79 Å². The highest BCUT2D eigenvalue weighted by Gasteiger charge is 2.25. The third kappa shape index (κ3) is 2.49. The number of hydrogen-bond acceptors (Lipinski definition) is 4. The van der Waals surface area contributed by atoms with Gasteiger partial charge in [-0.1, -0.05) is 13.3 Å². The van der Waals surface area contributed by atoms with Crippen LogP contribution in [0.4, 0.5) is 5.82 Å². The Morgan fingerprint density at radius 2 is 2.12 bits per heavy atom. The number of aromatic nitrogens is 2. The number of aryl methyl sites for hydroxylation is 2. The zero-order chi connectivity index (χ0) is 12.4. The molecule has 90 valence electrons. The summed E-state index contributed by atoms with van der Waals surface area (Å²) in [6.45, 7) is 5.78. The fourth-order valence-corrected chi connectivity index (χ4v) is 1.89. The van der Waals surface area contributed by atoms with Gasteiger partial charge in [0.2, 0.25) is 0 Å². The number of hydrazone groups is 1. The highest BCUT2D eigenvalue weighted by atomic mass is 16.2. The van der Waals surface area contributed by atoms with E-state index in [1.807, 2.05) is 13.8 Å². The maximum Gasteiger partial charge on any atom is 0.254 e. The summed E-state index contributed by atoms with van der Waals surface area (Å²) < 4.78 is 0. The molecule has 0 bridgehead atoms. The highest BCUT2D eigenvalue weighted by molar-refractivity contribution is 6.12. The molecule has 0 fully saturated rings. The molecule has 1 aliphatic rings. The Kier molecular flexibility index (Phi) is 3.17. The van der Waals surface area contributed by atoms with Crippen molar-refractivity contribution in [2.45, 2.75) is 40.0 Å². The molecule has 2 heterocycles. The summed E-state index contributed by atoms with van der Waals surface area (Å²) in [4.78, 5) is 20.3. The minimum Gasteiger partial charge on any atom is -0.272 e. The van der Waals surface area contributed by atoms with Crippen molar-refractivity contribution in [1.29, 1.82) is 0 Å². The SMILES string of the molecule is CCCC1=NN(c2cc(C)nc(C)n2)C(=O)C1. The third-order valence-corrected chi connectivity index (χ3v) is 2.54. The van der Waals surface area contributed by atoms with Gasteiger partial charge in [-0.25, -0.2) is 9.97 Å². The van der Waals surface area contributed by atoms with Crippen LogP contribution in [0.2, 0.25) is 0 Å². The van der Waals surface area contributed by atoms with E-state index in [-0.39, 0.29) is 5.91 Å². The maximum atomic E-state index is 11.8. The molecule has 0 N–H and O–H groups in total. The lowest BCUT2D eigenvalue weighted by Crippen LogP contribution is -2.21. The monoisotopic (exact) mass is 232 g/mol. The fourth-order valence-electron chi connectivity index (χ4n) is 1.89. The number of anilines is 1. The van der Waals surface area contributed by atoms with Crippen LogP contribution >= 0.6 is 0 Å². The predicted molar refractivity (Wildman–Crippen MR) is 66.0 cm³/mol. The van der Waals surface area contributed by atoms with Gasteiger partial charge in [0.25, 0.3) is 5.91 Å². The molecule has 0 spiro atoms. The summed E-state index contributed by atoms with van der Waals surface area (Å²) >= 11 is 0. The van der Waals surface area contributed by atoms with Crippen LogP contribution in [-0.2, 0) is 4.79 Å². The van der Waals surface area contributed by atoms with Crippen molar-refractivity contribution in [1.82, 2.24) is 9.97 Å². The van der Waals surface area contributed by atoms with Crippen LogP contribution in [0.15, 0.2) is 11.2 Å². The van der Waals surface area contributed by atoms with Gasteiger partial charge in [0.1, 0.15) is 5.82 Å². The molecular weight excluding hydrogens is 216 g/mol. The number of hydrogen-bond donors (Lipinski definition) is 0. The number of carbonyl (C=O) groups is 1. The molecule has 5 nitrogen and oxygen atoms in total. The number of amides is 1. The summed E-state index contributed by atoms with van der Waals surface area (Å²) in [5, 5.41) is 5.72. The molecule has 0 aliphatic carbocycles. The average molecular weight is 232 g/mol. The highest BCUT2D eigenvalue weighted by Crippen LogP contribution is 2.20. The van der Waals surface area contributed by atoms with E-state index >= 15 is 0 Å². The quantitative estimate of drug-likeness (QED) is 0.800. The number of nitrogens with zero attached hydrogens (tertiary/aromatic N) is 4. The third-order valence-electron chi connectivity index (χ3n) is 2.54. The Morgan fingerprint density at radius 1 is 1.35 bits per heavy atom. The van der Waals surface area contributed by atoms with Crippen LogP contribution in [0.25, 0.3) is 0 Å². The number of rotatable bonds is 3. The standard InChI is InChI=1S/C12H16N4O/c1-4-5-10-7-12(17)16(15-10)11-6-8(2)13-9(3)14-11/h6H,4-5,7H2,1-3H3. The zero-order valence-electron chi connectivity index (χ0n) is 10.4. The van der Waals surface area contributed by atoms with Crippen LogP contribution < -0.4 is 5.01 Å². The Morgan fingerprint density at radius 3 is 2.76 bits per heavy atom. The van der Waals surface area contributed by atoms with Crippen molar-refractivity contribution in [2.75, 3.05) is 5.01 Å². The molecule has 0 saturated carbocycles. The second-order valence-electron chi connectivity index (χ2n) is 4.21. The minimum atomic E-state index is -0.00838. The van der Waals surface area contributed by atoms with E-state index in [2.05, 4.69) is 22.0 Å². The van der Waals surface area contributed by atoms with E-state index < -0.39 is 0 Å². The normalized spacial score (nSPS) is 15.4. The smallest absolute Gasteiger partial charge is 0.254 e. The van der Waals surface area contributed by atoms with Crippen LogP contribution in [0.1, 0.15) is 37.7 Å². The first-order valence-electron chi connectivity index (χ1n) is 5.81. The van der Waals surface area contributed by atoms with E-state index in [1.54, 1.807) is 6.07 Å². The second-order valence-corrected chi connectivity index (χ2v) is 4.21. The maximum absolute atomic E-state index is 11.8. The molecule has 17 heavy (non-hydrogen) atoms. The lowest BCUT2D eigenvalue weighted by Gasteiger charge is -2.11. The van der Waals surface area contributed by atoms with Gasteiger partial charge in [0.15, 0.2) is 5.82 Å². The van der Waals surface area contributed by atoms with Gasteiger partial charge in [-0.2, -0.15) is 10.1 Å². The molecule has 1 aromatic heterocycles. The summed E-state index contributed by atoms with van der Waals surface area (Å²) in [5.41, 5.74) is 1.78. The van der Waals surface area contributed by atoms with Gasteiger partial charge in [-0.15, -0.1) is 0 Å². The molecule has 1 amide bonds. The van der Waals surface area contributed by atoms with Crippen molar-refractivity contribution in [3.05, 3.63) is 17.6 Å². The van der Waals surface area contributed by atoms with E-state index in [9.17, 15) is 4.79 Å². The van der Waals surface area contributed by atoms with E-state index in [1.165, 1.54) is 5.01 Å². The van der Waals surface area contributed by atoms with Gasteiger partial charge in [-0.3, -0.25) is 4.79 Å². The predicted octanol–water partition coefficient (Wildman–Crippen LogP) is 1.99. The van der Waals surface area contributed by atoms with Crippen LogP contribution in [0, 0.1) is 13.8 Å². The van der Waals surface area contributed by atoms with Crippen LogP contribution in [0.5, 0.6) is 0 Å².